The number of halogens is 1. The number of fused-ring (bicyclic) bond motifs is 3. The zero-order valence-electron chi connectivity index (χ0n) is 25.6. The number of aromatic nitrogens is 1. The summed E-state index contributed by atoms with van der Waals surface area (Å²) in [6.07, 6.45) is 1.47. The third kappa shape index (κ3) is 7.33. The van der Waals surface area contributed by atoms with E-state index in [-0.39, 0.29) is 24.8 Å². The third-order valence-electron chi connectivity index (χ3n) is 8.70. The van der Waals surface area contributed by atoms with Gasteiger partial charge in [0, 0.05) is 73.7 Å². The zero-order valence-corrected chi connectivity index (χ0v) is 26.3. The summed E-state index contributed by atoms with van der Waals surface area (Å²) in [6.45, 7) is 7.78. The van der Waals surface area contributed by atoms with Crippen molar-refractivity contribution in [2.75, 3.05) is 65.7 Å². The second-order valence-electron chi connectivity index (χ2n) is 11.5. The van der Waals surface area contributed by atoms with Crippen LogP contribution in [0.2, 0.25) is 5.02 Å². The van der Waals surface area contributed by atoms with Crippen LogP contribution in [0.3, 0.4) is 0 Å². The molecule has 11 heteroatoms. The molecule has 2 aromatic carbocycles. The number of H-pyrrole nitrogens is 1. The summed E-state index contributed by atoms with van der Waals surface area (Å²) in [4.78, 5) is 35.1. The molecule has 45 heavy (non-hydrogen) atoms. The van der Waals surface area contributed by atoms with Crippen molar-refractivity contribution in [2.24, 2.45) is 0 Å². The summed E-state index contributed by atoms with van der Waals surface area (Å²) < 4.78 is 22.7. The Morgan fingerprint density at radius 1 is 1.00 bits per heavy atom. The highest BCUT2D eigenvalue weighted by atomic mass is 35.5. The average Bonchev–Trinajstić information content (AvgIpc) is 3.43. The van der Waals surface area contributed by atoms with Gasteiger partial charge in [-0.1, -0.05) is 29.7 Å². The topological polar surface area (TPSA) is 96.6 Å². The zero-order chi connectivity index (χ0) is 31.2. The van der Waals surface area contributed by atoms with Crippen LogP contribution in [0.25, 0.3) is 10.9 Å². The van der Waals surface area contributed by atoms with Gasteiger partial charge in [0.15, 0.2) is 6.61 Å². The van der Waals surface area contributed by atoms with Crippen molar-refractivity contribution in [2.45, 2.75) is 38.3 Å². The monoisotopic (exact) mass is 634 g/mol. The molecule has 2 amide bonds. The number of piperidine rings is 1. The quantitative estimate of drug-likeness (QED) is 0.355. The van der Waals surface area contributed by atoms with Gasteiger partial charge >= 0.3 is 12.2 Å². The number of nitrogens with zero attached hydrogens (tertiary/aromatic N) is 3. The maximum Gasteiger partial charge on any atom is 0.411 e. The van der Waals surface area contributed by atoms with Crippen LogP contribution in [0, 0.1) is 11.8 Å². The van der Waals surface area contributed by atoms with Gasteiger partial charge in [-0.25, -0.2) is 9.59 Å². The molecule has 0 radical (unpaired) electrons. The molecular formula is C34H39ClN4O6. The smallest absolute Gasteiger partial charge is 0.411 e. The number of hydrogen-bond acceptors (Lipinski definition) is 7. The molecule has 238 valence electrons. The van der Waals surface area contributed by atoms with Gasteiger partial charge in [-0.3, -0.25) is 9.80 Å². The van der Waals surface area contributed by atoms with E-state index in [2.05, 4.69) is 21.7 Å². The first-order chi connectivity index (χ1) is 22.0. The predicted octanol–water partition coefficient (Wildman–Crippen LogP) is 5.24. The molecule has 2 saturated heterocycles. The van der Waals surface area contributed by atoms with E-state index in [0.29, 0.717) is 37.7 Å². The molecule has 0 bridgehead atoms. The van der Waals surface area contributed by atoms with Crippen LogP contribution in [-0.2, 0) is 20.6 Å². The molecule has 2 fully saturated rings. The minimum absolute atomic E-state index is 0.000797. The summed E-state index contributed by atoms with van der Waals surface area (Å²) in [7, 11) is 0. The van der Waals surface area contributed by atoms with Crippen LogP contribution in [0.4, 0.5) is 9.59 Å². The lowest BCUT2D eigenvalue weighted by Gasteiger charge is -2.35. The predicted molar refractivity (Wildman–Crippen MR) is 171 cm³/mol. The van der Waals surface area contributed by atoms with Gasteiger partial charge in [-0.15, -0.1) is 5.92 Å². The number of rotatable bonds is 7. The number of amides is 2. The number of carbonyl (C=O) groups is 2. The largest absolute Gasteiger partial charge is 0.490 e. The van der Waals surface area contributed by atoms with Gasteiger partial charge < -0.3 is 28.8 Å². The van der Waals surface area contributed by atoms with E-state index < -0.39 is 6.09 Å². The maximum absolute atomic E-state index is 13.2. The lowest BCUT2D eigenvalue weighted by atomic mass is 9.92. The molecule has 10 nitrogen and oxygen atoms in total. The van der Waals surface area contributed by atoms with Gasteiger partial charge in [0.05, 0.1) is 13.2 Å². The number of likely N-dealkylation sites (tertiary alicyclic amines) is 1. The summed E-state index contributed by atoms with van der Waals surface area (Å²) >= 11 is 6.33. The molecule has 1 unspecified atom stereocenters. The van der Waals surface area contributed by atoms with E-state index >= 15 is 0 Å². The number of nitrogens with one attached hydrogen (secondary N) is 1. The van der Waals surface area contributed by atoms with E-state index in [1.54, 1.807) is 16.7 Å². The highest BCUT2D eigenvalue weighted by Crippen LogP contribution is 2.40. The van der Waals surface area contributed by atoms with Crippen LogP contribution in [0.5, 0.6) is 5.75 Å². The third-order valence-corrected chi connectivity index (χ3v) is 8.94. The van der Waals surface area contributed by atoms with Crippen molar-refractivity contribution < 1.29 is 28.5 Å². The Balaban J connectivity index is 1.09. The number of benzene rings is 2. The Labute approximate surface area is 268 Å². The fraction of sp³-hybridized carbons (Fsp3) is 0.471. The molecule has 4 heterocycles. The Hall–Kier alpha value is -3.91. The number of aromatic amines is 1. The molecule has 0 aliphatic carbocycles. The maximum atomic E-state index is 13.2. The molecule has 1 aromatic heterocycles. The minimum atomic E-state index is -0.406. The first-order valence-corrected chi connectivity index (χ1v) is 16.0. The Morgan fingerprint density at radius 3 is 2.53 bits per heavy atom. The minimum Gasteiger partial charge on any atom is -0.490 e. The van der Waals surface area contributed by atoms with Crippen LogP contribution in [-0.4, -0.2) is 104 Å². The summed E-state index contributed by atoms with van der Waals surface area (Å²) in [5.74, 6) is 6.32. The molecule has 0 spiro atoms. The second kappa shape index (κ2) is 14.5. The Kier molecular flexibility index (Phi) is 9.99. The molecule has 1 N–H and O–H groups in total. The second-order valence-corrected chi connectivity index (χ2v) is 11.9. The van der Waals surface area contributed by atoms with Crippen molar-refractivity contribution in [1.29, 1.82) is 0 Å². The number of ether oxygens (including phenoxy) is 4. The highest BCUT2D eigenvalue weighted by molar-refractivity contribution is 6.31. The van der Waals surface area contributed by atoms with E-state index in [4.69, 9.17) is 30.5 Å². The Bertz CT molecular complexity index is 1550. The van der Waals surface area contributed by atoms with Gasteiger partial charge in [0.2, 0.25) is 0 Å². The van der Waals surface area contributed by atoms with Crippen molar-refractivity contribution >= 4 is 34.7 Å². The summed E-state index contributed by atoms with van der Waals surface area (Å²) in [6, 6.07) is 13.3. The summed E-state index contributed by atoms with van der Waals surface area (Å²) in [5.41, 5.74) is 4.03. The molecule has 6 rings (SSSR count). The number of carbonyl (C=O) groups excluding carboxylic acids is 2. The number of morpholine rings is 1. The fourth-order valence-electron chi connectivity index (χ4n) is 6.31. The first kappa shape index (κ1) is 31.1. The lowest BCUT2D eigenvalue weighted by Crippen LogP contribution is -2.43. The lowest BCUT2D eigenvalue weighted by molar-refractivity contribution is 0.0220. The standard InChI is InChI=1S/C34H39ClN4O6/c1-2-3-19-43-34(41)39-15-12-28-29-23-25(35)6-9-30(29)36-31(28)32(39)24-4-7-26(8-5-24)45-27-10-13-38(14-11-27)33(40)44-22-18-37-16-20-42-21-17-37/h4-9,23,27,32,36H,10-22H2,1H3. The van der Waals surface area contributed by atoms with Crippen LogP contribution >= 0.6 is 11.6 Å². The van der Waals surface area contributed by atoms with Gasteiger partial charge in [-0.2, -0.15) is 0 Å². The molecule has 1 atom stereocenters. The first-order valence-electron chi connectivity index (χ1n) is 15.6. The van der Waals surface area contributed by atoms with Crippen molar-refractivity contribution in [3.8, 4) is 17.6 Å². The molecular weight excluding hydrogens is 596 g/mol. The molecule has 0 saturated carbocycles. The molecule has 3 aliphatic rings. The van der Waals surface area contributed by atoms with Crippen LogP contribution in [0.15, 0.2) is 42.5 Å². The fourth-order valence-corrected chi connectivity index (χ4v) is 6.48. The van der Waals surface area contributed by atoms with E-state index in [9.17, 15) is 9.59 Å². The molecule has 3 aromatic rings. The van der Waals surface area contributed by atoms with Gasteiger partial charge in [0.25, 0.3) is 0 Å². The van der Waals surface area contributed by atoms with Gasteiger partial charge in [-0.05, 0) is 54.8 Å². The van der Waals surface area contributed by atoms with Gasteiger partial charge in [0.1, 0.15) is 24.5 Å². The molecule has 3 aliphatic heterocycles. The number of hydrogen-bond donors (Lipinski definition) is 1. The van der Waals surface area contributed by atoms with Crippen molar-refractivity contribution in [3.63, 3.8) is 0 Å². The van der Waals surface area contributed by atoms with Crippen LogP contribution < -0.4 is 4.74 Å². The SMILES string of the molecule is CC#CCOC(=O)N1CCc2c([nH]c3ccc(Cl)cc23)C1c1ccc(OC2CCN(C(=O)OCCN3CCOCC3)CC2)cc1. The van der Waals surface area contributed by atoms with E-state index in [0.717, 1.165) is 79.2 Å². The highest BCUT2D eigenvalue weighted by Gasteiger charge is 2.35. The van der Waals surface area contributed by atoms with E-state index in [1.807, 2.05) is 42.5 Å². The van der Waals surface area contributed by atoms with Crippen LogP contribution in [0.1, 0.15) is 42.6 Å². The normalized spacial score (nSPS) is 19.0. The Morgan fingerprint density at radius 2 is 1.78 bits per heavy atom. The van der Waals surface area contributed by atoms with E-state index in [1.165, 1.54) is 0 Å². The van der Waals surface area contributed by atoms with Crippen molar-refractivity contribution in [3.05, 3.63) is 64.3 Å². The van der Waals surface area contributed by atoms with Crippen molar-refractivity contribution in [1.82, 2.24) is 19.7 Å². The summed E-state index contributed by atoms with van der Waals surface area (Å²) in [5, 5.41) is 1.74. The average molecular weight is 635 g/mol.